The van der Waals surface area contributed by atoms with E-state index in [4.69, 9.17) is 23.7 Å². The van der Waals surface area contributed by atoms with E-state index in [0.29, 0.717) is 5.69 Å². The fourth-order valence-electron chi connectivity index (χ4n) is 3.34. The molecule has 3 atom stereocenters. The van der Waals surface area contributed by atoms with E-state index in [1.54, 1.807) is 38.1 Å². The highest BCUT2D eigenvalue weighted by Crippen LogP contribution is 2.29. The van der Waals surface area contributed by atoms with Crippen molar-refractivity contribution in [1.29, 1.82) is 0 Å². The SMILES string of the molecule is CCOC(=O)N1[C@@H]([C@H](OC(C)=O)[C@@H](COC(C)=O)OC(C)=O)C=NN(c2ccc(Br)cc2)N1C(=O)OCC. The lowest BCUT2D eigenvalue weighted by atomic mass is 10.1. The summed E-state index contributed by atoms with van der Waals surface area (Å²) < 4.78 is 26.9. The molecule has 0 bridgehead atoms. The number of rotatable bonds is 9. The number of ether oxygens (including phenoxy) is 5. The maximum absolute atomic E-state index is 13.3. The number of hydrazine groups is 2. The molecule has 2 rings (SSSR count). The summed E-state index contributed by atoms with van der Waals surface area (Å²) in [5, 5.41) is 6.96. The van der Waals surface area contributed by atoms with Gasteiger partial charge in [0.1, 0.15) is 12.6 Å². The second-order valence-corrected chi connectivity index (χ2v) is 8.49. The average molecular weight is 601 g/mol. The number of benzene rings is 1. The van der Waals surface area contributed by atoms with E-state index in [1.807, 2.05) is 0 Å². The summed E-state index contributed by atoms with van der Waals surface area (Å²) in [6.07, 6.45) is -3.74. The van der Waals surface area contributed by atoms with Gasteiger partial charge in [0, 0.05) is 25.2 Å². The minimum absolute atomic E-state index is 0.0511. The Morgan fingerprint density at radius 1 is 0.868 bits per heavy atom. The molecule has 0 saturated heterocycles. The lowest BCUT2D eigenvalue weighted by Gasteiger charge is -2.46. The molecule has 0 aliphatic carbocycles. The zero-order valence-corrected chi connectivity index (χ0v) is 23.1. The monoisotopic (exact) mass is 600 g/mol. The molecule has 0 spiro atoms. The van der Waals surface area contributed by atoms with Gasteiger partial charge < -0.3 is 23.7 Å². The van der Waals surface area contributed by atoms with Gasteiger partial charge in [0.25, 0.3) is 0 Å². The van der Waals surface area contributed by atoms with Crippen LogP contribution in [-0.4, -0.2) is 84.5 Å². The Morgan fingerprint density at radius 2 is 1.45 bits per heavy atom. The number of nitrogens with zero attached hydrogens (tertiary/aromatic N) is 4. The van der Waals surface area contributed by atoms with Crippen molar-refractivity contribution in [3.05, 3.63) is 28.7 Å². The maximum atomic E-state index is 13.3. The van der Waals surface area contributed by atoms with E-state index in [0.717, 1.165) is 40.5 Å². The number of amides is 2. The first-order valence-electron chi connectivity index (χ1n) is 11.5. The number of anilines is 1. The van der Waals surface area contributed by atoms with Gasteiger partial charge in [-0.2, -0.15) is 10.1 Å². The fourth-order valence-corrected chi connectivity index (χ4v) is 3.60. The molecule has 1 aromatic carbocycles. The second kappa shape index (κ2) is 14.2. The van der Waals surface area contributed by atoms with Gasteiger partial charge in [-0.25, -0.2) is 9.59 Å². The van der Waals surface area contributed by atoms with Crippen molar-refractivity contribution in [2.45, 2.75) is 52.9 Å². The lowest BCUT2D eigenvalue weighted by molar-refractivity contribution is -0.180. The highest BCUT2D eigenvalue weighted by molar-refractivity contribution is 9.10. The Kier molecular flexibility index (Phi) is 11.3. The minimum Gasteiger partial charge on any atom is -0.462 e. The van der Waals surface area contributed by atoms with Crippen molar-refractivity contribution in [2.24, 2.45) is 5.10 Å². The Morgan fingerprint density at radius 3 is 1.97 bits per heavy atom. The van der Waals surface area contributed by atoms with Crippen molar-refractivity contribution in [3.63, 3.8) is 0 Å². The number of hydrogen-bond donors (Lipinski definition) is 0. The smallest absolute Gasteiger partial charge is 0.450 e. The van der Waals surface area contributed by atoms with Crippen LogP contribution >= 0.6 is 15.9 Å². The standard InChI is InChI=1S/C23H29BrN4O10/c1-6-34-22(32)26-19(21(38-16(5)31)20(37-15(4)30)13-36-14(3)29)12-25-27(28(26)23(33)35-7-2)18-10-8-17(24)9-11-18/h8-12,19-21H,6-7,13H2,1-5H3/t19-,20-,21+/m1/s1. The van der Waals surface area contributed by atoms with Gasteiger partial charge >= 0.3 is 30.1 Å². The molecule has 0 unspecified atom stereocenters. The fraction of sp³-hybridized carbons (Fsp3) is 0.478. The van der Waals surface area contributed by atoms with Gasteiger partial charge in [0.15, 0.2) is 12.2 Å². The molecular weight excluding hydrogens is 572 g/mol. The number of carbonyl (C=O) groups excluding carboxylic acids is 5. The maximum Gasteiger partial charge on any atom is 0.450 e. The van der Waals surface area contributed by atoms with E-state index in [1.165, 1.54) is 6.21 Å². The first-order valence-corrected chi connectivity index (χ1v) is 12.3. The predicted molar refractivity (Wildman–Crippen MR) is 134 cm³/mol. The molecule has 1 aliphatic rings. The molecule has 1 heterocycles. The van der Waals surface area contributed by atoms with Gasteiger partial charge in [0.05, 0.1) is 25.1 Å². The van der Waals surface area contributed by atoms with Crippen LogP contribution in [0.5, 0.6) is 0 Å². The molecule has 0 saturated carbocycles. The van der Waals surface area contributed by atoms with Crippen LogP contribution in [0.15, 0.2) is 33.8 Å². The van der Waals surface area contributed by atoms with Gasteiger partial charge in [-0.05, 0) is 38.1 Å². The first-order chi connectivity index (χ1) is 18.0. The molecule has 0 N–H and O–H groups in total. The molecule has 2 amide bonds. The second-order valence-electron chi connectivity index (χ2n) is 7.58. The van der Waals surface area contributed by atoms with Crippen LogP contribution in [0.4, 0.5) is 15.3 Å². The van der Waals surface area contributed by atoms with Gasteiger partial charge in [0.2, 0.25) is 0 Å². The van der Waals surface area contributed by atoms with Crippen LogP contribution in [0.2, 0.25) is 0 Å². The summed E-state index contributed by atoms with van der Waals surface area (Å²) in [4.78, 5) is 61.9. The summed E-state index contributed by atoms with van der Waals surface area (Å²) in [5.74, 6) is -2.29. The van der Waals surface area contributed by atoms with Crippen LogP contribution in [0.3, 0.4) is 0 Å². The van der Waals surface area contributed by atoms with Gasteiger partial charge in [-0.1, -0.05) is 21.0 Å². The van der Waals surface area contributed by atoms with Gasteiger partial charge in [-0.3, -0.25) is 14.4 Å². The van der Waals surface area contributed by atoms with Crippen molar-refractivity contribution in [1.82, 2.24) is 10.1 Å². The third-order valence-corrected chi connectivity index (χ3v) is 5.24. The number of esters is 3. The lowest BCUT2D eigenvalue weighted by Crippen LogP contribution is -2.68. The third-order valence-electron chi connectivity index (χ3n) is 4.71. The Hall–Kier alpha value is -3.88. The van der Waals surface area contributed by atoms with Crippen molar-refractivity contribution in [2.75, 3.05) is 24.9 Å². The normalized spacial score (nSPS) is 16.3. The van der Waals surface area contributed by atoms with Crippen LogP contribution in [0.1, 0.15) is 34.6 Å². The summed E-state index contributed by atoms with van der Waals surface area (Å²) in [7, 11) is 0. The Labute approximate surface area is 227 Å². The molecule has 0 fully saturated rings. The predicted octanol–water partition coefficient (Wildman–Crippen LogP) is 2.80. The topological polar surface area (TPSA) is 154 Å². The largest absolute Gasteiger partial charge is 0.462 e. The molecule has 38 heavy (non-hydrogen) atoms. The zero-order chi connectivity index (χ0) is 28.4. The molecule has 0 radical (unpaired) electrons. The van der Waals surface area contributed by atoms with Crippen LogP contribution in [-0.2, 0) is 38.1 Å². The van der Waals surface area contributed by atoms with Crippen molar-refractivity contribution in [3.8, 4) is 0 Å². The molecule has 208 valence electrons. The van der Waals surface area contributed by atoms with E-state index in [9.17, 15) is 24.0 Å². The summed E-state index contributed by atoms with van der Waals surface area (Å²) >= 11 is 3.33. The van der Waals surface area contributed by atoms with E-state index in [-0.39, 0.29) is 13.2 Å². The highest BCUT2D eigenvalue weighted by Gasteiger charge is 2.49. The average Bonchev–Trinajstić information content (AvgIpc) is 2.84. The first kappa shape index (κ1) is 30.3. The van der Waals surface area contributed by atoms with E-state index in [2.05, 4.69) is 21.0 Å². The van der Waals surface area contributed by atoms with Crippen LogP contribution < -0.4 is 5.12 Å². The van der Waals surface area contributed by atoms with E-state index < -0.39 is 55.0 Å². The molecule has 1 aromatic rings. The minimum atomic E-state index is -1.49. The quantitative estimate of drug-likeness (QED) is 0.303. The number of hydrazone groups is 1. The molecular formula is C23H29BrN4O10. The third kappa shape index (κ3) is 8.06. The van der Waals surface area contributed by atoms with Crippen molar-refractivity contribution >= 4 is 57.9 Å². The highest BCUT2D eigenvalue weighted by atomic mass is 79.9. The molecule has 1 aliphatic heterocycles. The van der Waals surface area contributed by atoms with E-state index >= 15 is 0 Å². The molecule has 0 aromatic heterocycles. The Balaban J connectivity index is 2.71. The number of carbonyl (C=O) groups is 5. The Bertz CT molecular complexity index is 1050. The number of halogens is 1. The van der Waals surface area contributed by atoms with Crippen LogP contribution in [0.25, 0.3) is 0 Å². The summed E-state index contributed by atoms with van der Waals surface area (Å²) in [5.41, 5.74) is 0.353. The summed E-state index contributed by atoms with van der Waals surface area (Å²) in [6.45, 7) is 5.80. The molecule has 15 heteroatoms. The number of hydrogen-bond acceptors (Lipinski definition) is 12. The van der Waals surface area contributed by atoms with Crippen molar-refractivity contribution < 1.29 is 47.7 Å². The summed E-state index contributed by atoms with van der Waals surface area (Å²) in [6, 6.07) is 5.22. The molecule has 14 nitrogen and oxygen atoms in total. The van der Waals surface area contributed by atoms with Gasteiger partial charge in [-0.15, -0.1) is 5.12 Å². The zero-order valence-electron chi connectivity index (χ0n) is 21.5. The van der Waals surface area contributed by atoms with Crippen LogP contribution in [0, 0.1) is 0 Å².